The second-order valence-electron chi connectivity index (χ2n) is 10.9. The molecule has 7 rings (SSSR count). The molecule has 4 heteroatoms. The summed E-state index contributed by atoms with van der Waals surface area (Å²) in [6.07, 6.45) is 11.0. The molecule has 29 heavy (non-hydrogen) atoms. The van der Waals surface area contributed by atoms with Crippen molar-refractivity contribution in [3.63, 3.8) is 0 Å². The summed E-state index contributed by atoms with van der Waals surface area (Å²) in [5.41, 5.74) is 1.61. The van der Waals surface area contributed by atoms with Gasteiger partial charge in [0, 0.05) is 24.3 Å². The number of nitrogens with one attached hydrogen (secondary N) is 1. The van der Waals surface area contributed by atoms with Gasteiger partial charge in [-0.1, -0.05) is 19.4 Å². The Bertz CT molecular complexity index is 978. The molecule has 1 heterocycles. The van der Waals surface area contributed by atoms with Crippen molar-refractivity contribution >= 4 is 16.8 Å². The van der Waals surface area contributed by atoms with E-state index in [1.165, 1.54) is 17.4 Å². The number of carbonyl (C=O) groups is 1. The number of aliphatic hydroxyl groups is 1. The smallest absolute Gasteiger partial charge is 0.229 e. The predicted octanol–water partition coefficient (Wildman–Crippen LogP) is 4.77. The van der Waals surface area contributed by atoms with Crippen LogP contribution in [0.15, 0.2) is 30.5 Å². The van der Waals surface area contributed by atoms with Crippen LogP contribution in [0.4, 0.5) is 0 Å². The number of benzene rings is 1. The molecule has 0 saturated heterocycles. The Balaban J connectivity index is 1.33. The summed E-state index contributed by atoms with van der Waals surface area (Å²) in [6.45, 7) is 2.97. The molecule has 5 fully saturated rings. The molecule has 0 aliphatic heterocycles. The second kappa shape index (κ2) is 5.87. The summed E-state index contributed by atoms with van der Waals surface area (Å²) in [7, 11) is 0. The molecule has 0 radical (unpaired) electrons. The van der Waals surface area contributed by atoms with E-state index in [0.29, 0.717) is 30.8 Å². The fourth-order valence-electron chi connectivity index (χ4n) is 7.67. The molecule has 4 bridgehead atoms. The highest BCUT2D eigenvalue weighted by molar-refractivity contribution is 5.85. The SMILES string of the molecule is CCC12CC3CC(O)(C1)CC(C(=O)N(Cc1ccc4[nH]ccc4c1)C1CC1)(C3)C2. The first kappa shape index (κ1) is 18.0. The van der Waals surface area contributed by atoms with Gasteiger partial charge in [-0.05, 0) is 91.8 Å². The standard InChI is InChI=1S/C25H32N2O2/c1-2-23-10-18-11-24(14-23,16-25(29,12-18)15-23)22(28)27(20-4-5-20)13-17-3-6-21-19(9-17)7-8-26-21/h3,6-9,18,20,26,29H,2,4-5,10-16H2,1H3. The zero-order valence-electron chi connectivity index (χ0n) is 17.4. The molecule has 5 aliphatic rings. The van der Waals surface area contributed by atoms with E-state index >= 15 is 0 Å². The lowest BCUT2D eigenvalue weighted by atomic mass is 9.42. The van der Waals surface area contributed by atoms with Crippen LogP contribution in [0.25, 0.3) is 10.9 Å². The van der Waals surface area contributed by atoms with Crippen molar-refractivity contribution in [3.8, 4) is 0 Å². The van der Waals surface area contributed by atoms with E-state index in [9.17, 15) is 9.90 Å². The van der Waals surface area contributed by atoms with Crippen LogP contribution in [0.2, 0.25) is 0 Å². The van der Waals surface area contributed by atoms with Crippen LogP contribution in [0.3, 0.4) is 0 Å². The van der Waals surface area contributed by atoms with Crippen LogP contribution in [0.1, 0.15) is 70.3 Å². The summed E-state index contributed by atoms with van der Waals surface area (Å²) in [6, 6.07) is 8.99. The van der Waals surface area contributed by atoms with Gasteiger partial charge in [0.15, 0.2) is 0 Å². The van der Waals surface area contributed by atoms with Gasteiger partial charge < -0.3 is 15.0 Å². The van der Waals surface area contributed by atoms with E-state index in [0.717, 1.165) is 50.5 Å². The Hall–Kier alpha value is -1.81. The summed E-state index contributed by atoms with van der Waals surface area (Å²) >= 11 is 0. The molecule has 4 unspecified atom stereocenters. The molecule has 2 aromatic rings. The van der Waals surface area contributed by atoms with Crippen LogP contribution in [-0.2, 0) is 11.3 Å². The number of aromatic nitrogens is 1. The highest BCUT2D eigenvalue weighted by Crippen LogP contribution is 2.68. The van der Waals surface area contributed by atoms with Crippen molar-refractivity contribution in [3.05, 3.63) is 36.0 Å². The molecule has 1 amide bonds. The summed E-state index contributed by atoms with van der Waals surface area (Å²) in [4.78, 5) is 19.5. The zero-order valence-corrected chi connectivity index (χ0v) is 17.4. The first-order chi connectivity index (χ1) is 13.9. The molecule has 2 N–H and O–H groups in total. The first-order valence-electron chi connectivity index (χ1n) is 11.5. The van der Waals surface area contributed by atoms with E-state index in [-0.39, 0.29) is 10.8 Å². The van der Waals surface area contributed by atoms with Gasteiger partial charge in [-0.3, -0.25) is 4.79 Å². The molecular weight excluding hydrogens is 360 g/mol. The lowest BCUT2D eigenvalue weighted by Gasteiger charge is -2.64. The van der Waals surface area contributed by atoms with Crippen molar-refractivity contribution in [2.45, 2.75) is 82.9 Å². The third kappa shape index (κ3) is 2.78. The zero-order chi connectivity index (χ0) is 19.9. The Kier molecular flexibility index (Phi) is 3.65. The monoisotopic (exact) mass is 392 g/mol. The summed E-state index contributed by atoms with van der Waals surface area (Å²) < 4.78 is 0. The van der Waals surface area contributed by atoms with Gasteiger partial charge in [-0.2, -0.15) is 0 Å². The Labute approximate surface area is 172 Å². The number of fused-ring (bicyclic) bond motifs is 1. The number of H-pyrrole nitrogens is 1. The van der Waals surface area contributed by atoms with E-state index in [1.807, 2.05) is 6.20 Å². The Morgan fingerprint density at radius 3 is 2.79 bits per heavy atom. The third-order valence-electron chi connectivity index (χ3n) is 8.58. The van der Waals surface area contributed by atoms with Crippen LogP contribution < -0.4 is 0 Å². The summed E-state index contributed by atoms with van der Waals surface area (Å²) in [5, 5.41) is 12.6. The van der Waals surface area contributed by atoms with Gasteiger partial charge in [-0.25, -0.2) is 0 Å². The topological polar surface area (TPSA) is 56.3 Å². The molecule has 0 spiro atoms. The van der Waals surface area contributed by atoms with E-state index in [2.05, 4.69) is 41.1 Å². The number of carbonyl (C=O) groups excluding carboxylic acids is 1. The van der Waals surface area contributed by atoms with Crippen molar-refractivity contribution in [1.82, 2.24) is 9.88 Å². The fraction of sp³-hybridized carbons (Fsp3) is 0.640. The summed E-state index contributed by atoms with van der Waals surface area (Å²) in [5.74, 6) is 0.868. The maximum atomic E-state index is 14.1. The number of hydrogen-bond acceptors (Lipinski definition) is 2. The molecule has 5 saturated carbocycles. The van der Waals surface area contributed by atoms with Crippen molar-refractivity contribution < 1.29 is 9.90 Å². The third-order valence-corrected chi connectivity index (χ3v) is 8.58. The average Bonchev–Trinajstić information content (AvgIpc) is 3.40. The van der Waals surface area contributed by atoms with Gasteiger partial charge in [0.25, 0.3) is 0 Å². The van der Waals surface area contributed by atoms with E-state index in [4.69, 9.17) is 0 Å². The maximum Gasteiger partial charge on any atom is 0.229 e. The Morgan fingerprint density at radius 2 is 2.03 bits per heavy atom. The normalized spacial score (nSPS) is 37.9. The van der Waals surface area contributed by atoms with Gasteiger partial charge in [-0.15, -0.1) is 0 Å². The molecule has 1 aromatic heterocycles. The van der Waals surface area contributed by atoms with Gasteiger partial charge in [0.1, 0.15) is 0 Å². The van der Waals surface area contributed by atoms with E-state index < -0.39 is 5.60 Å². The number of hydrogen-bond donors (Lipinski definition) is 2. The minimum absolute atomic E-state index is 0.184. The lowest BCUT2D eigenvalue weighted by Crippen LogP contribution is -2.64. The van der Waals surface area contributed by atoms with Crippen molar-refractivity contribution in [1.29, 1.82) is 0 Å². The maximum absolute atomic E-state index is 14.1. The second-order valence-corrected chi connectivity index (χ2v) is 10.9. The molecule has 1 aromatic carbocycles. The predicted molar refractivity (Wildman–Crippen MR) is 113 cm³/mol. The van der Waals surface area contributed by atoms with Gasteiger partial charge in [0.2, 0.25) is 5.91 Å². The number of nitrogens with zero attached hydrogens (tertiary/aromatic N) is 1. The lowest BCUT2D eigenvalue weighted by molar-refractivity contribution is -0.210. The Morgan fingerprint density at radius 1 is 1.17 bits per heavy atom. The van der Waals surface area contributed by atoms with Crippen molar-refractivity contribution in [2.24, 2.45) is 16.7 Å². The van der Waals surface area contributed by atoms with Crippen LogP contribution in [0.5, 0.6) is 0 Å². The van der Waals surface area contributed by atoms with Gasteiger partial charge >= 0.3 is 0 Å². The van der Waals surface area contributed by atoms with Crippen LogP contribution >= 0.6 is 0 Å². The molecule has 154 valence electrons. The fourth-order valence-corrected chi connectivity index (χ4v) is 7.67. The van der Waals surface area contributed by atoms with Crippen molar-refractivity contribution in [2.75, 3.05) is 0 Å². The molecular formula is C25H32N2O2. The highest BCUT2D eigenvalue weighted by Gasteiger charge is 2.65. The first-order valence-corrected chi connectivity index (χ1v) is 11.5. The highest BCUT2D eigenvalue weighted by atomic mass is 16.3. The van der Waals surface area contributed by atoms with Crippen LogP contribution in [-0.4, -0.2) is 32.5 Å². The number of amides is 1. The van der Waals surface area contributed by atoms with E-state index in [1.54, 1.807) is 0 Å². The molecule has 4 nitrogen and oxygen atoms in total. The minimum Gasteiger partial charge on any atom is -0.390 e. The quantitative estimate of drug-likeness (QED) is 0.770. The minimum atomic E-state index is -0.607. The number of rotatable bonds is 5. The largest absolute Gasteiger partial charge is 0.390 e. The number of aromatic amines is 1. The average molecular weight is 393 g/mol. The molecule has 5 aliphatic carbocycles. The molecule has 4 atom stereocenters. The van der Waals surface area contributed by atoms with Gasteiger partial charge in [0.05, 0.1) is 11.0 Å². The van der Waals surface area contributed by atoms with Crippen LogP contribution in [0, 0.1) is 16.7 Å².